The number of ether oxygens (including phenoxy) is 1. The summed E-state index contributed by atoms with van der Waals surface area (Å²) in [4.78, 5) is 34.1. The minimum Gasteiger partial charge on any atom is -0.488 e. The minimum absolute atomic E-state index is 0. The van der Waals surface area contributed by atoms with Gasteiger partial charge < -0.3 is 20.7 Å². The van der Waals surface area contributed by atoms with Gasteiger partial charge in [0, 0.05) is 25.2 Å². The third kappa shape index (κ3) is 6.70. The molecule has 1 aromatic carbocycles. The lowest BCUT2D eigenvalue weighted by Gasteiger charge is -2.17. The molecular weight excluding hydrogens is 529 g/mol. The fourth-order valence-electron chi connectivity index (χ4n) is 3.43. The van der Waals surface area contributed by atoms with Crippen LogP contribution >= 0.6 is 24.0 Å². The molecule has 3 heterocycles. The first-order chi connectivity index (χ1) is 16.7. The number of sulfone groups is 1. The van der Waals surface area contributed by atoms with Crippen molar-refractivity contribution < 1.29 is 22.7 Å². The summed E-state index contributed by atoms with van der Waals surface area (Å²) < 4.78 is 30.1. The highest BCUT2D eigenvalue weighted by Crippen LogP contribution is 2.27. The molecule has 0 spiro atoms. The Hall–Kier alpha value is -3.25. The molecule has 0 aliphatic carbocycles. The molecule has 36 heavy (non-hydrogen) atoms. The number of pyridine rings is 2. The number of carbonyl (C=O) groups is 2. The van der Waals surface area contributed by atoms with Gasteiger partial charge in [-0.05, 0) is 55.4 Å². The van der Waals surface area contributed by atoms with Gasteiger partial charge in [0.05, 0.1) is 21.2 Å². The molecule has 1 saturated heterocycles. The van der Waals surface area contributed by atoms with Gasteiger partial charge in [0.1, 0.15) is 17.7 Å². The smallest absolute Gasteiger partial charge is 0.277 e. The molecule has 0 bridgehead atoms. The molecule has 3 aromatic rings. The van der Waals surface area contributed by atoms with Crippen molar-refractivity contribution in [1.29, 1.82) is 0 Å². The van der Waals surface area contributed by atoms with Gasteiger partial charge in [0.25, 0.3) is 11.8 Å². The number of anilines is 2. The molecular formula is C23H23Cl2N5O5S. The number of aromatic nitrogens is 2. The van der Waals surface area contributed by atoms with Crippen LogP contribution in [-0.2, 0) is 9.84 Å². The highest BCUT2D eigenvalue weighted by molar-refractivity contribution is 7.90. The third-order valence-corrected chi connectivity index (χ3v) is 6.51. The SMILES string of the molecule is CS(=O)(=O)c1ccc(C(=O)Nc2cccnc2C(=O)Nc2ccc(Cl)cn2)c(O[C@H]2CCNC2)c1.Cl. The number of amides is 2. The van der Waals surface area contributed by atoms with Crippen LogP contribution in [0.5, 0.6) is 5.75 Å². The van der Waals surface area contributed by atoms with Crippen molar-refractivity contribution in [2.75, 3.05) is 30.0 Å². The van der Waals surface area contributed by atoms with Crippen molar-refractivity contribution in [3.8, 4) is 5.75 Å². The Morgan fingerprint density at radius 3 is 2.58 bits per heavy atom. The molecule has 2 aromatic heterocycles. The highest BCUT2D eigenvalue weighted by atomic mass is 35.5. The van der Waals surface area contributed by atoms with Gasteiger partial charge in [0.15, 0.2) is 15.5 Å². The van der Waals surface area contributed by atoms with Crippen molar-refractivity contribution in [2.24, 2.45) is 0 Å². The molecule has 0 saturated carbocycles. The largest absolute Gasteiger partial charge is 0.488 e. The van der Waals surface area contributed by atoms with Crippen molar-refractivity contribution in [3.63, 3.8) is 0 Å². The van der Waals surface area contributed by atoms with Gasteiger partial charge >= 0.3 is 0 Å². The molecule has 190 valence electrons. The molecule has 1 aliphatic rings. The topological polar surface area (TPSA) is 139 Å². The van der Waals surface area contributed by atoms with Crippen molar-refractivity contribution in [1.82, 2.24) is 15.3 Å². The fraction of sp³-hybridized carbons (Fsp3) is 0.217. The first-order valence-corrected chi connectivity index (χ1v) is 12.9. The van der Waals surface area contributed by atoms with Crippen molar-refractivity contribution >= 4 is 57.2 Å². The maximum atomic E-state index is 13.2. The number of nitrogens with zero attached hydrogens (tertiary/aromatic N) is 2. The molecule has 1 atom stereocenters. The van der Waals surface area contributed by atoms with E-state index in [-0.39, 0.29) is 51.9 Å². The first kappa shape index (κ1) is 27.3. The number of carbonyl (C=O) groups excluding carboxylic acids is 2. The van der Waals surface area contributed by atoms with Crippen LogP contribution in [0, 0.1) is 0 Å². The summed E-state index contributed by atoms with van der Waals surface area (Å²) in [7, 11) is -3.52. The number of hydrogen-bond acceptors (Lipinski definition) is 8. The second-order valence-corrected chi connectivity index (χ2v) is 10.3. The number of rotatable bonds is 7. The normalized spacial score (nSPS) is 15.0. The van der Waals surface area contributed by atoms with Crippen LogP contribution in [-0.4, -0.2) is 55.6 Å². The predicted octanol–water partition coefficient (Wildman–Crippen LogP) is 3.20. The summed E-state index contributed by atoms with van der Waals surface area (Å²) in [5.74, 6) is -0.770. The Morgan fingerprint density at radius 1 is 1.11 bits per heavy atom. The van der Waals surface area contributed by atoms with E-state index in [1.807, 2.05) is 0 Å². The standard InChI is InChI=1S/C23H22ClN5O5S.ClH/c1-35(32,33)16-5-6-17(19(11-16)34-15-8-10-25-13-15)22(30)28-18-3-2-9-26-21(18)23(31)29-20-7-4-14(24)12-27-20;/h2-7,9,11-12,15,25H,8,10,13H2,1H3,(H,28,30)(H,27,29,31);1H/t15-;/m0./s1. The lowest BCUT2D eigenvalue weighted by Crippen LogP contribution is -2.23. The fourth-order valence-corrected chi connectivity index (χ4v) is 4.18. The van der Waals surface area contributed by atoms with E-state index in [1.165, 1.54) is 42.7 Å². The molecule has 0 radical (unpaired) electrons. The zero-order valence-corrected chi connectivity index (χ0v) is 21.4. The maximum Gasteiger partial charge on any atom is 0.277 e. The van der Waals surface area contributed by atoms with Crippen molar-refractivity contribution in [3.05, 3.63) is 71.1 Å². The number of nitrogens with one attached hydrogen (secondary N) is 3. The lowest BCUT2D eigenvalue weighted by atomic mass is 10.1. The van der Waals surface area contributed by atoms with E-state index in [4.69, 9.17) is 16.3 Å². The second-order valence-electron chi connectivity index (χ2n) is 7.83. The highest BCUT2D eigenvalue weighted by Gasteiger charge is 2.23. The second kappa shape index (κ2) is 11.7. The van der Waals surface area contributed by atoms with E-state index in [0.29, 0.717) is 11.6 Å². The van der Waals surface area contributed by atoms with Crippen LogP contribution in [0.3, 0.4) is 0 Å². The summed E-state index contributed by atoms with van der Waals surface area (Å²) >= 11 is 5.82. The van der Waals surface area contributed by atoms with Crippen LogP contribution in [0.2, 0.25) is 5.02 Å². The van der Waals surface area contributed by atoms with Crippen LogP contribution < -0.4 is 20.7 Å². The summed E-state index contributed by atoms with van der Waals surface area (Å²) in [6.45, 7) is 1.34. The predicted molar refractivity (Wildman–Crippen MR) is 138 cm³/mol. The number of hydrogen-bond donors (Lipinski definition) is 3. The molecule has 1 fully saturated rings. The van der Waals surface area contributed by atoms with E-state index >= 15 is 0 Å². The van der Waals surface area contributed by atoms with Crippen molar-refractivity contribution in [2.45, 2.75) is 17.4 Å². The summed E-state index contributed by atoms with van der Waals surface area (Å²) in [6.07, 6.45) is 4.40. The van der Waals surface area contributed by atoms with Crippen LogP contribution in [0.25, 0.3) is 0 Å². The van der Waals surface area contributed by atoms with E-state index in [9.17, 15) is 18.0 Å². The lowest BCUT2D eigenvalue weighted by molar-refractivity contribution is 0.102. The minimum atomic E-state index is -3.52. The Labute approximate surface area is 219 Å². The van der Waals surface area contributed by atoms with Gasteiger partial charge in [0.2, 0.25) is 0 Å². The Kier molecular flexibility index (Phi) is 8.85. The van der Waals surface area contributed by atoms with Crippen LogP contribution in [0.15, 0.2) is 59.8 Å². The van der Waals surface area contributed by atoms with Crippen LogP contribution in [0.4, 0.5) is 11.5 Å². The van der Waals surface area contributed by atoms with Gasteiger partial charge in [-0.1, -0.05) is 11.6 Å². The molecule has 2 amide bonds. The zero-order valence-electron chi connectivity index (χ0n) is 19.0. The molecule has 0 unspecified atom stereocenters. The molecule has 10 nitrogen and oxygen atoms in total. The average Bonchev–Trinajstić information content (AvgIpc) is 3.33. The molecule has 1 aliphatic heterocycles. The van der Waals surface area contributed by atoms with Gasteiger partial charge in [-0.2, -0.15) is 0 Å². The maximum absolute atomic E-state index is 13.2. The van der Waals surface area contributed by atoms with E-state index in [2.05, 4.69) is 25.9 Å². The van der Waals surface area contributed by atoms with Gasteiger partial charge in [-0.3, -0.25) is 9.59 Å². The third-order valence-electron chi connectivity index (χ3n) is 5.17. The van der Waals surface area contributed by atoms with Gasteiger partial charge in [-0.25, -0.2) is 18.4 Å². The summed E-state index contributed by atoms with van der Waals surface area (Å²) in [5, 5.41) is 8.86. The number of halogens is 2. The molecule has 4 rings (SSSR count). The quantitative estimate of drug-likeness (QED) is 0.406. The Bertz CT molecular complexity index is 1360. The summed E-state index contributed by atoms with van der Waals surface area (Å²) in [6, 6.07) is 10.3. The molecule has 13 heteroatoms. The van der Waals surface area contributed by atoms with Gasteiger partial charge in [-0.15, -0.1) is 12.4 Å². The Balaban J connectivity index is 0.00000361. The number of benzene rings is 1. The zero-order chi connectivity index (χ0) is 25.0. The average molecular weight is 552 g/mol. The first-order valence-electron chi connectivity index (χ1n) is 10.6. The van der Waals surface area contributed by atoms with Crippen LogP contribution in [0.1, 0.15) is 27.3 Å². The monoisotopic (exact) mass is 551 g/mol. The molecule has 3 N–H and O–H groups in total. The van der Waals surface area contributed by atoms with E-state index < -0.39 is 21.7 Å². The van der Waals surface area contributed by atoms with E-state index in [1.54, 1.807) is 12.1 Å². The van der Waals surface area contributed by atoms with E-state index in [0.717, 1.165) is 19.2 Å². The summed E-state index contributed by atoms with van der Waals surface area (Å²) in [5.41, 5.74) is 0.247. The Morgan fingerprint density at radius 2 is 1.92 bits per heavy atom.